The van der Waals surface area contributed by atoms with Crippen molar-refractivity contribution in [3.63, 3.8) is 0 Å². The van der Waals surface area contributed by atoms with E-state index in [0.717, 1.165) is 25.3 Å². The number of carbonyl (C=O) groups is 1. The Hall–Kier alpha value is -1.58. The van der Waals surface area contributed by atoms with E-state index in [-0.39, 0.29) is 5.91 Å². The Balaban J connectivity index is 1.94. The molecule has 2 rings (SSSR count). The summed E-state index contributed by atoms with van der Waals surface area (Å²) >= 11 is 0. The molecule has 0 radical (unpaired) electrons. The van der Waals surface area contributed by atoms with Crippen molar-refractivity contribution in [1.82, 2.24) is 9.88 Å². The number of aromatic nitrogens is 1. The fourth-order valence-corrected chi connectivity index (χ4v) is 1.99. The summed E-state index contributed by atoms with van der Waals surface area (Å²) in [5, 5.41) is 3.36. The number of anilines is 1. The molecule has 4 nitrogen and oxygen atoms in total. The van der Waals surface area contributed by atoms with E-state index in [1.807, 2.05) is 24.0 Å². The van der Waals surface area contributed by atoms with E-state index in [0.29, 0.717) is 6.04 Å². The predicted molar refractivity (Wildman–Crippen MR) is 63.3 cm³/mol. The molecule has 1 aliphatic heterocycles. The molecular weight excluding hydrogens is 202 g/mol. The molecule has 1 saturated heterocycles. The molecule has 1 N–H and O–H groups in total. The van der Waals surface area contributed by atoms with Crippen molar-refractivity contribution in [2.75, 3.05) is 18.4 Å². The predicted octanol–water partition coefficient (Wildman–Crippen LogP) is 1.42. The van der Waals surface area contributed by atoms with Crippen LogP contribution in [0.5, 0.6) is 0 Å². The number of nitrogens with zero attached hydrogens (tertiary/aromatic N) is 2. The first kappa shape index (κ1) is 10.9. The van der Waals surface area contributed by atoms with E-state index in [1.165, 1.54) is 5.56 Å². The summed E-state index contributed by atoms with van der Waals surface area (Å²) in [4.78, 5) is 17.3. The molecule has 1 amide bonds. The quantitative estimate of drug-likeness (QED) is 0.818. The summed E-state index contributed by atoms with van der Waals surface area (Å²) in [5.41, 5.74) is 1.19. The highest BCUT2D eigenvalue weighted by atomic mass is 16.2. The second kappa shape index (κ2) is 4.51. The van der Waals surface area contributed by atoms with Crippen LogP contribution in [0.1, 0.15) is 18.9 Å². The lowest BCUT2D eigenvalue weighted by Gasteiger charge is -2.15. The summed E-state index contributed by atoms with van der Waals surface area (Å²) in [5.74, 6) is 1.05. The Morgan fingerprint density at radius 1 is 1.62 bits per heavy atom. The third-order valence-corrected chi connectivity index (χ3v) is 2.90. The highest BCUT2D eigenvalue weighted by molar-refractivity contribution is 5.73. The van der Waals surface area contributed by atoms with Gasteiger partial charge >= 0.3 is 0 Å². The van der Waals surface area contributed by atoms with Crippen LogP contribution in [-0.4, -0.2) is 34.9 Å². The number of hydrogen-bond acceptors (Lipinski definition) is 3. The van der Waals surface area contributed by atoms with Crippen LogP contribution in [0.4, 0.5) is 5.82 Å². The number of pyridine rings is 1. The van der Waals surface area contributed by atoms with Crippen molar-refractivity contribution < 1.29 is 4.79 Å². The zero-order valence-electron chi connectivity index (χ0n) is 9.73. The molecule has 0 aromatic carbocycles. The van der Waals surface area contributed by atoms with Crippen LogP contribution in [-0.2, 0) is 4.79 Å². The van der Waals surface area contributed by atoms with Gasteiger partial charge in [0.1, 0.15) is 5.82 Å². The summed E-state index contributed by atoms with van der Waals surface area (Å²) in [6, 6.07) is 4.33. The molecule has 1 aliphatic rings. The number of likely N-dealkylation sites (tertiary alicyclic amines) is 1. The molecular formula is C12H17N3O. The molecule has 2 heterocycles. The third-order valence-electron chi connectivity index (χ3n) is 2.90. The fourth-order valence-electron chi connectivity index (χ4n) is 1.99. The lowest BCUT2D eigenvalue weighted by atomic mass is 10.2. The molecule has 0 spiro atoms. The minimum atomic E-state index is 0.154. The zero-order chi connectivity index (χ0) is 11.5. The van der Waals surface area contributed by atoms with E-state index in [2.05, 4.69) is 10.3 Å². The molecule has 0 bridgehead atoms. The molecule has 1 fully saturated rings. The molecule has 0 saturated carbocycles. The molecule has 1 atom stereocenters. The van der Waals surface area contributed by atoms with Crippen molar-refractivity contribution >= 4 is 11.7 Å². The number of rotatable bonds is 2. The molecule has 16 heavy (non-hydrogen) atoms. The minimum absolute atomic E-state index is 0.154. The molecule has 1 aromatic rings. The maximum absolute atomic E-state index is 11.2. The van der Waals surface area contributed by atoms with Crippen LogP contribution >= 0.6 is 0 Å². The van der Waals surface area contributed by atoms with Gasteiger partial charge in [0.15, 0.2) is 0 Å². The van der Waals surface area contributed by atoms with Gasteiger partial charge in [0.2, 0.25) is 5.91 Å². The first-order valence-corrected chi connectivity index (χ1v) is 5.60. The molecule has 1 unspecified atom stereocenters. The lowest BCUT2D eigenvalue weighted by Crippen LogP contribution is -2.29. The first-order chi connectivity index (χ1) is 7.65. The van der Waals surface area contributed by atoms with E-state index in [1.54, 1.807) is 13.1 Å². The fraction of sp³-hybridized carbons (Fsp3) is 0.500. The summed E-state index contributed by atoms with van der Waals surface area (Å²) in [6.45, 7) is 5.29. The molecule has 1 aromatic heterocycles. The van der Waals surface area contributed by atoms with E-state index in [9.17, 15) is 4.79 Å². The molecule has 86 valence electrons. The highest BCUT2D eigenvalue weighted by Gasteiger charge is 2.23. The van der Waals surface area contributed by atoms with Crippen molar-refractivity contribution in [1.29, 1.82) is 0 Å². The monoisotopic (exact) mass is 219 g/mol. The van der Waals surface area contributed by atoms with Crippen LogP contribution in [0, 0.1) is 6.92 Å². The van der Waals surface area contributed by atoms with Gasteiger partial charge in [0.25, 0.3) is 0 Å². The normalized spacial score (nSPS) is 19.9. The van der Waals surface area contributed by atoms with E-state index >= 15 is 0 Å². The standard InChI is InChI=1S/C12H17N3O/c1-9-3-5-13-12(7-9)14-11-4-6-15(8-11)10(2)16/h3,5,7,11H,4,6,8H2,1-2H3,(H,13,14). The third kappa shape index (κ3) is 2.51. The largest absolute Gasteiger partial charge is 0.365 e. The second-order valence-corrected chi connectivity index (χ2v) is 4.31. The van der Waals surface area contributed by atoms with Gasteiger partial charge in [-0.1, -0.05) is 0 Å². The van der Waals surface area contributed by atoms with E-state index < -0.39 is 0 Å². The topological polar surface area (TPSA) is 45.2 Å². The van der Waals surface area contributed by atoms with Gasteiger partial charge in [0.05, 0.1) is 0 Å². The number of nitrogens with one attached hydrogen (secondary N) is 1. The Labute approximate surface area is 95.7 Å². The lowest BCUT2D eigenvalue weighted by molar-refractivity contribution is -0.127. The van der Waals surface area contributed by atoms with Gasteiger partial charge < -0.3 is 10.2 Å². The van der Waals surface area contributed by atoms with Gasteiger partial charge in [-0.3, -0.25) is 4.79 Å². The van der Waals surface area contributed by atoms with Crippen molar-refractivity contribution in [2.24, 2.45) is 0 Å². The Bertz CT molecular complexity index is 392. The summed E-state index contributed by atoms with van der Waals surface area (Å²) < 4.78 is 0. The Morgan fingerprint density at radius 2 is 2.44 bits per heavy atom. The maximum Gasteiger partial charge on any atom is 0.219 e. The molecule has 4 heteroatoms. The van der Waals surface area contributed by atoms with Crippen LogP contribution < -0.4 is 5.32 Å². The maximum atomic E-state index is 11.2. The van der Waals surface area contributed by atoms with Crippen molar-refractivity contribution in [2.45, 2.75) is 26.3 Å². The Kier molecular flexibility index (Phi) is 3.08. The SMILES string of the molecule is CC(=O)N1CCC(Nc2cc(C)ccn2)C1. The smallest absolute Gasteiger partial charge is 0.219 e. The Morgan fingerprint density at radius 3 is 3.06 bits per heavy atom. The van der Waals surface area contributed by atoms with Crippen molar-refractivity contribution in [3.8, 4) is 0 Å². The zero-order valence-corrected chi connectivity index (χ0v) is 9.73. The minimum Gasteiger partial charge on any atom is -0.365 e. The molecule has 0 aliphatic carbocycles. The van der Waals surface area contributed by atoms with Gasteiger partial charge in [-0.25, -0.2) is 4.98 Å². The van der Waals surface area contributed by atoms with Gasteiger partial charge in [0, 0.05) is 32.3 Å². The van der Waals surface area contributed by atoms with E-state index in [4.69, 9.17) is 0 Å². The average Bonchev–Trinajstić information content (AvgIpc) is 2.66. The highest BCUT2D eigenvalue weighted by Crippen LogP contribution is 2.14. The van der Waals surface area contributed by atoms with Gasteiger partial charge in [-0.2, -0.15) is 0 Å². The van der Waals surface area contributed by atoms with Gasteiger partial charge in [-0.15, -0.1) is 0 Å². The number of hydrogen-bond donors (Lipinski definition) is 1. The number of carbonyl (C=O) groups excluding carboxylic acids is 1. The average molecular weight is 219 g/mol. The second-order valence-electron chi connectivity index (χ2n) is 4.31. The summed E-state index contributed by atoms with van der Waals surface area (Å²) in [6.07, 6.45) is 2.80. The number of aryl methyl sites for hydroxylation is 1. The van der Waals surface area contributed by atoms with Crippen LogP contribution in [0.15, 0.2) is 18.3 Å². The van der Waals surface area contributed by atoms with Crippen LogP contribution in [0.25, 0.3) is 0 Å². The first-order valence-electron chi connectivity index (χ1n) is 5.60. The van der Waals surface area contributed by atoms with Crippen molar-refractivity contribution in [3.05, 3.63) is 23.9 Å². The van der Waals surface area contributed by atoms with Crippen LogP contribution in [0.2, 0.25) is 0 Å². The van der Waals surface area contributed by atoms with Gasteiger partial charge in [-0.05, 0) is 31.0 Å². The van der Waals surface area contributed by atoms with Crippen LogP contribution in [0.3, 0.4) is 0 Å². The number of amides is 1. The summed E-state index contributed by atoms with van der Waals surface area (Å²) in [7, 11) is 0.